The van der Waals surface area contributed by atoms with Crippen molar-refractivity contribution in [3.8, 4) is 0 Å². The lowest BCUT2D eigenvalue weighted by molar-refractivity contribution is 0.113. The summed E-state index contributed by atoms with van der Waals surface area (Å²) in [6.07, 6.45) is 2.65. The van der Waals surface area contributed by atoms with Crippen molar-refractivity contribution < 1.29 is 4.74 Å². The normalized spacial score (nSPS) is 26.0. The number of ether oxygens (including phenoxy) is 1. The lowest BCUT2D eigenvalue weighted by Gasteiger charge is -2.15. The van der Waals surface area contributed by atoms with Crippen molar-refractivity contribution in [2.24, 2.45) is 0 Å². The quantitative estimate of drug-likeness (QED) is 0.850. The van der Waals surface area contributed by atoms with Crippen LogP contribution in [0.1, 0.15) is 30.7 Å². The van der Waals surface area contributed by atoms with Gasteiger partial charge in [0.2, 0.25) is 0 Å². The summed E-state index contributed by atoms with van der Waals surface area (Å²) in [4.78, 5) is 1.48. The molecule has 2 atom stereocenters. The molecular formula is C12H19NOS. The summed E-state index contributed by atoms with van der Waals surface area (Å²) in [5.74, 6) is 0. The third-order valence-corrected chi connectivity index (χ3v) is 4.08. The molecule has 1 aromatic heterocycles. The third-order valence-electron chi connectivity index (χ3n) is 3.12. The molecule has 1 saturated heterocycles. The molecule has 15 heavy (non-hydrogen) atoms. The Balaban J connectivity index is 1.87. The Hall–Kier alpha value is -0.380. The van der Waals surface area contributed by atoms with Gasteiger partial charge in [0.25, 0.3) is 0 Å². The van der Waals surface area contributed by atoms with Crippen LogP contribution < -0.4 is 5.32 Å². The first-order valence-electron chi connectivity index (χ1n) is 5.71. The standard InChI is InChI=1S/C12H19NOS/c1-3-10-5-7-15-12(10)8-13-11-4-6-14-9(11)2/h5,7,9,11,13H,3-4,6,8H2,1-2H3. The Morgan fingerprint density at radius 1 is 1.60 bits per heavy atom. The molecule has 3 heteroatoms. The number of rotatable bonds is 4. The zero-order valence-electron chi connectivity index (χ0n) is 9.45. The SMILES string of the molecule is CCc1ccsc1CNC1CCOC1C. The minimum absolute atomic E-state index is 0.370. The van der Waals surface area contributed by atoms with Crippen LogP contribution in [0.25, 0.3) is 0 Å². The highest BCUT2D eigenvalue weighted by molar-refractivity contribution is 7.10. The first-order chi connectivity index (χ1) is 7.31. The molecule has 0 spiro atoms. The highest BCUT2D eigenvalue weighted by Crippen LogP contribution is 2.19. The van der Waals surface area contributed by atoms with Gasteiger partial charge in [-0.2, -0.15) is 0 Å². The van der Waals surface area contributed by atoms with E-state index in [2.05, 4.69) is 30.6 Å². The van der Waals surface area contributed by atoms with E-state index in [1.807, 2.05) is 11.3 Å². The summed E-state index contributed by atoms with van der Waals surface area (Å²) < 4.78 is 5.53. The molecule has 2 unspecified atom stereocenters. The van der Waals surface area contributed by atoms with Gasteiger partial charge >= 0.3 is 0 Å². The fraction of sp³-hybridized carbons (Fsp3) is 0.667. The Kier molecular flexibility index (Phi) is 3.78. The van der Waals surface area contributed by atoms with Crippen molar-refractivity contribution in [1.82, 2.24) is 5.32 Å². The van der Waals surface area contributed by atoms with Crippen molar-refractivity contribution in [3.05, 3.63) is 21.9 Å². The number of hydrogen-bond acceptors (Lipinski definition) is 3. The van der Waals surface area contributed by atoms with Crippen LogP contribution >= 0.6 is 11.3 Å². The molecule has 0 aromatic carbocycles. The van der Waals surface area contributed by atoms with Gasteiger partial charge in [-0.3, -0.25) is 0 Å². The maximum Gasteiger partial charge on any atom is 0.0700 e. The lowest BCUT2D eigenvalue weighted by atomic mass is 10.1. The lowest BCUT2D eigenvalue weighted by Crippen LogP contribution is -2.34. The van der Waals surface area contributed by atoms with Crippen LogP contribution in [0, 0.1) is 0 Å². The molecule has 2 nitrogen and oxygen atoms in total. The van der Waals surface area contributed by atoms with Crippen LogP contribution in [0.5, 0.6) is 0 Å². The fourth-order valence-electron chi connectivity index (χ4n) is 2.06. The topological polar surface area (TPSA) is 21.3 Å². The Labute approximate surface area is 95.6 Å². The van der Waals surface area contributed by atoms with Gasteiger partial charge in [0.05, 0.1) is 6.10 Å². The maximum absolute atomic E-state index is 5.53. The molecule has 0 amide bonds. The van der Waals surface area contributed by atoms with Crippen molar-refractivity contribution >= 4 is 11.3 Å². The second-order valence-electron chi connectivity index (χ2n) is 4.07. The molecule has 0 aliphatic carbocycles. The molecule has 1 aromatic rings. The molecule has 0 saturated carbocycles. The molecule has 2 rings (SSSR count). The van der Waals surface area contributed by atoms with Crippen LogP contribution in [0.15, 0.2) is 11.4 Å². The highest BCUT2D eigenvalue weighted by atomic mass is 32.1. The second kappa shape index (κ2) is 5.10. The van der Waals surface area contributed by atoms with Crippen LogP contribution in [0.4, 0.5) is 0 Å². The predicted molar refractivity (Wildman–Crippen MR) is 64.4 cm³/mol. The van der Waals surface area contributed by atoms with Crippen molar-refractivity contribution in [3.63, 3.8) is 0 Å². The van der Waals surface area contributed by atoms with E-state index < -0.39 is 0 Å². The molecule has 1 aliphatic heterocycles. The van der Waals surface area contributed by atoms with E-state index in [9.17, 15) is 0 Å². The predicted octanol–water partition coefficient (Wildman–Crippen LogP) is 2.58. The smallest absolute Gasteiger partial charge is 0.0700 e. The van der Waals surface area contributed by atoms with E-state index in [-0.39, 0.29) is 0 Å². The van der Waals surface area contributed by atoms with E-state index in [1.165, 1.54) is 10.4 Å². The third kappa shape index (κ3) is 2.60. The summed E-state index contributed by atoms with van der Waals surface area (Å²) in [5.41, 5.74) is 1.49. The first-order valence-corrected chi connectivity index (χ1v) is 6.59. The average Bonchev–Trinajstić information content (AvgIpc) is 2.83. The summed E-state index contributed by atoms with van der Waals surface area (Å²) >= 11 is 1.86. The van der Waals surface area contributed by atoms with Crippen molar-refractivity contribution in [1.29, 1.82) is 0 Å². The molecule has 1 aliphatic rings. The Bertz CT molecular complexity index is 310. The average molecular weight is 225 g/mol. The van der Waals surface area contributed by atoms with Crippen LogP contribution in [0.3, 0.4) is 0 Å². The number of thiophene rings is 1. The van der Waals surface area contributed by atoms with Crippen molar-refractivity contribution in [2.75, 3.05) is 6.61 Å². The molecule has 1 N–H and O–H groups in total. The summed E-state index contributed by atoms with van der Waals surface area (Å²) in [6.45, 7) is 6.27. The van der Waals surface area contributed by atoms with Gasteiger partial charge in [0, 0.05) is 24.1 Å². The Morgan fingerprint density at radius 3 is 3.13 bits per heavy atom. The second-order valence-corrected chi connectivity index (χ2v) is 5.08. The van der Waals surface area contributed by atoms with Crippen molar-refractivity contribution in [2.45, 2.75) is 45.4 Å². The van der Waals surface area contributed by atoms with Gasteiger partial charge in [-0.15, -0.1) is 11.3 Å². The van der Waals surface area contributed by atoms with Gasteiger partial charge < -0.3 is 10.1 Å². The van der Waals surface area contributed by atoms with E-state index >= 15 is 0 Å². The summed E-state index contributed by atoms with van der Waals surface area (Å²) in [7, 11) is 0. The molecule has 2 heterocycles. The van der Waals surface area contributed by atoms with Gasteiger partial charge in [-0.05, 0) is 36.8 Å². The van der Waals surface area contributed by atoms with E-state index in [0.717, 1.165) is 26.0 Å². The van der Waals surface area contributed by atoms with Gasteiger partial charge in [0.15, 0.2) is 0 Å². The maximum atomic E-state index is 5.53. The molecule has 1 fully saturated rings. The van der Waals surface area contributed by atoms with Crippen LogP contribution in [0.2, 0.25) is 0 Å². The number of nitrogens with one attached hydrogen (secondary N) is 1. The zero-order chi connectivity index (χ0) is 10.7. The molecule has 84 valence electrons. The van der Waals surface area contributed by atoms with Gasteiger partial charge in [-0.25, -0.2) is 0 Å². The number of aryl methyl sites for hydroxylation is 1. The number of hydrogen-bond donors (Lipinski definition) is 1. The Morgan fingerprint density at radius 2 is 2.47 bits per heavy atom. The van der Waals surface area contributed by atoms with E-state index in [0.29, 0.717) is 12.1 Å². The van der Waals surface area contributed by atoms with Gasteiger partial charge in [-0.1, -0.05) is 6.92 Å². The van der Waals surface area contributed by atoms with Crippen LogP contribution in [-0.4, -0.2) is 18.8 Å². The largest absolute Gasteiger partial charge is 0.377 e. The van der Waals surface area contributed by atoms with E-state index in [1.54, 1.807) is 0 Å². The first kappa shape index (κ1) is 11.1. The molecular weight excluding hydrogens is 206 g/mol. The van der Waals surface area contributed by atoms with E-state index in [4.69, 9.17) is 4.74 Å². The van der Waals surface area contributed by atoms with Gasteiger partial charge in [0.1, 0.15) is 0 Å². The summed E-state index contributed by atoms with van der Waals surface area (Å²) in [5, 5.41) is 5.78. The van der Waals surface area contributed by atoms with Crippen LogP contribution in [-0.2, 0) is 17.7 Å². The molecule has 0 radical (unpaired) electrons. The summed E-state index contributed by atoms with van der Waals surface area (Å²) in [6, 6.07) is 2.77. The monoisotopic (exact) mass is 225 g/mol. The minimum atomic E-state index is 0.370. The zero-order valence-corrected chi connectivity index (χ0v) is 10.3. The molecule has 0 bridgehead atoms. The highest BCUT2D eigenvalue weighted by Gasteiger charge is 2.23. The minimum Gasteiger partial charge on any atom is -0.377 e. The fourth-order valence-corrected chi connectivity index (χ4v) is 2.99.